The molecule has 2 aromatic heterocycles. The predicted octanol–water partition coefficient (Wildman–Crippen LogP) is 3.43. The molecule has 2 heterocycles. The van der Waals surface area contributed by atoms with Gasteiger partial charge in [0.2, 0.25) is 0 Å². The monoisotopic (exact) mass is 189 g/mol. The van der Waals surface area contributed by atoms with Crippen LogP contribution < -0.4 is 0 Å². The summed E-state index contributed by atoms with van der Waals surface area (Å²) in [5.41, 5.74) is 2.40. The first-order valence-corrected chi connectivity index (χ1v) is 5.07. The number of nitrogens with zero attached hydrogens (tertiary/aromatic N) is 1. The Morgan fingerprint density at radius 2 is 2.08 bits per heavy atom. The van der Waals surface area contributed by atoms with Gasteiger partial charge < -0.3 is 0 Å². The third kappa shape index (κ3) is 1.63. The van der Waals surface area contributed by atoms with Crippen molar-refractivity contribution in [2.24, 2.45) is 0 Å². The molecule has 1 nitrogen and oxygen atoms in total. The Labute approximate surface area is 82.1 Å². The summed E-state index contributed by atoms with van der Waals surface area (Å²) in [6.45, 7) is 4.26. The van der Waals surface area contributed by atoms with Gasteiger partial charge in [0.05, 0.1) is 10.6 Å². The first kappa shape index (κ1) is 8.45. The number of aromatic nitrogens is 1. The molecule has 0 unspecified atom stereocenters. The molecule has 0 aliphatic rings. The highest BCUT2D eigenvalue weighted by atomic mass is 32.1. The molecule has 2 rings (SSSR count). The van der Waals surface area contributed by atoms with E-state index in [1.807, 2.05) is 18.3 Å². The predicted molar refractivity (Wildman–Crippen MR) is 57.0 cm³/mol. The maximum atomic E-state index is 4.33. The summed E-state index contributed by atoms with van der Waals surface area (Å²) >= 11 is 1.80. The van der Waals surface area contributed by atoms with Crippen molar-refractivity contribution in [3.05, 3.63) is 40.9 Å². The molecule has 0 aliphatic heterocycles. The largest absolute Gasteiger partial charge is 0.255 e. The Morgan fingerprint density at radius 1 is 1.23 bits per heavy atom. The summed E-state index contributed by atoms with van der Waals surface area (Å²) in [7, 11) is 0. The molecule has 2 heteroatoms. The molecule has 66 valence electrons. The van der Waals surface area contributed by atoms with E-state index >= 15 is 0 Å². The molecule has 2 aromatic rings. The maximum Gasteiger partial charge on any atom is 0.0804 e. The Hall–Kier alpha value is -1.15. The van der Waals surface area contributed by atoms with Gasteiger partial charge in [-0.05, 0) is 37.6 Å². The molecule has 0 aliphatic carbocycles. The molecule has 0 saturated carbocycles. The molecule has 0 saturated heterocycles. The van der Waals surface area contributed by atoms with E-state index in [9.17, 15) is 0 Å². The first-order valence-electron chi connectivity index (χ1n) is 4.26. The van der Waals surface area contributed by atoms with E-state index in [2.05, 4.69) is 31.0 Å². The fourth-order valence-corrected chi connectivity index (χ4v) is 2.40. The summed E-state index contributed by atoms with van der Waals surface area (Å²) in [5.74, 6) is 0. The standard InChI is InChI=1S/C11H11NS/c1-8-7-9(2)13-11(8)10-5-3-4-6-12-10/h3-7H,1-2H3. The normalized spacial score (nSPS) is 10.3. The number of pyridine rings is 1. The highest BCUT2D eigenvalue weighted by Gasteiger charge is 2.05. The number of rotatable bonds is 1. The van der Waals surface area contributed by atoms with Gasteiger partial charge in [-0.25, -0.2) is 0 Å². The quantitative estimate of drug-likeness (QED) is 0.669. The lowest BCUT2D eigenvalue weighted by Gasteiger charge is -1.96. The van der Waals surface area contributed by atoms with Crippen LogP contribution in [-0.2, 0) is 0 Å². The van der Waals surface area contributed by atoms with Gasteiger partial charge in [-0.1, -0.05) is 6.07 Å². The Kier molecular flexibility index (Phi) is 2.15. The van der Waals surface area contributed by atoms with Crippen LogP contribution in [-0.4, -0.2) is 4.98 Å². The van der Waals surface area contributed by atoms with Gasteiger partial charge in [0.25, 0.3) is 0 Å². The topological polar surface area (TPSA) is 12.9 Å². The zero-order chi connectivity index (χ0) is 9.26. The minimum Gasteiger partial charge on any atom is -0.255 e. The van der Waals surface area contributed by atoms with Crippen LogP contribution in [0.4, 0.5) is 0 Å². The summed E-state index contributed by atoms with van der Waals surface area (Å²) in [5, 5.41) is 0. The van der Waals surface area contributed by atoms with Gasteiger partial charge >= 0.3 is 0 Å². The fourth-order valence-electron chi connectivity index (χ4n) is 1.39. The number of hydrogen-bond acceptors (Lipinski definition) is 2. The van der Waals surface area contributed by atoms with Crippen LogP contribution in [0.2, 0.25) is 0 Å². The molecule has 0 fully saturated rings. The van der Waals surface area contributed by atoms with Crippen LogP contribution in [0, 0.1) is 13.8 Å². The minimum absolute atomic E-state index is 1.08. The zero-order valence-corrected chi connectivity index (χ0v) is 8.56. The van der Waals surface area contributed by atoms with E-state index in [1.165, 1.54) is 15.3 Å². The highest BCUT2D eigenvalue weighted by molar-refractivity contribution is 7.15. The molecular formula is C11H11NS. The first-order chi connectivity index (χ1) is 6.27. The highest BCUT2D eigenvalue weighted by Crippen LogP contribution is 2.29. The lowest BCUT2D eigenvalue weighted by atomic mass is 10.2. The van der Waals surface area contributed by atoms with Crippen LogP contribution in [0.15, 0.2) is 30.5 Å². The molecular weight excluding hydrogens is 178 g/mol. The molecule has 0 N–H and O–H groups in total. The summed E-state index contributed by atoms with van der Waals surface area (Å²) in [4.78, 5) is 6.97. The van der Waals surface area contributed by atoms with E-state index in [4.69, 9.17) is 0 Å². The summed E-state index contributed by atoms with van der Waals surface area (Å²) < 4.78 is 0. The van der Waals surface area contributed by atoms with Crippen LogP contribution in [0.5, 0.6) is 0 Å². The SMILES string of the molecule is Cc1cc(C)c(-c2ccccn2)s1. The molecule has 0 atom stereocenters. The second-order valence-electron chi connectivity index (χ2n) is 3.08. The van der Waals surface area contributed by atoms with E-state index in [-0.39, 0.29) is 0 Å². The van der Waals surface area contributed by atoms with Gasteiger partial charge in [-0.2, -0.15) is 0 Å². The van der Waals surface area contributed by atoms with Gasteiger partial charge in [0.15, 0.2) is 0 Å². The summed E-state index contributed by atoms with van der Waals surface area (Å²) in [6.07, 6.45) is 1.84. The molecule has 0 spiro atoms. The van der Waals surface area contributed by atoms with E-state index < -0.39 is 0 Å². The fraction of sp³-hybridized carbons (Fsp3) is 0.182. The van der Waals surface area contributed by atoms with Gasteiger partial charge in [-0.3, -0.25) is 4.98 Å². The van der Waals surface area contributed by atoms with Crippen molar-refractivity contribution in [1.82, 2.24) is 4.98 Å². The average molecular weight is 189 g/mol. The minimum atomic E-state index is 1.08. The number of hydrogen-bond donors (Lipinski definition) is 0. The van der Waals surface area contributed by atoms with Crippen molar-refractivity contribution in [2.75, 3.05) is 0 Å². The average Bonchev–Trinajstić information content (AvgIpc) is 2.47. The molecule has 0 aromatic carbocycles. The third-order valence-corrected chi connectivity index (χ3v) is 3.11. The molecule has 0 radical (unpaired) electrons. The van der Waals surface area contributed by atoms with Crippen LogP contribution in [0.25, 0.3) is 10.6 Å². The van der Waals surface area contributed by atoms with Crippen molar-refractivity contribution in [1.29, 1.82) is 0 Å². The van der Waals surface area contributed by atoms with Crippen molar-refractivity contribution in [3.8, 4) is 10.6 Å². The smallest absolute Gasteiger partial charge is 0.0804 e. The lowest BCUT2D eigenvalue weighted by molar-refractivity contribution is 1.33. The van der Waals surface area contributed by atoms with Gasteiger partial charge in [0, 0.05) is 11.1 Å². The second-order valence-corrected chi connectivity index (χ2v) is 4.34. The van der Waals surface area contributed by atoms with Crippen molar-refractivity contribution in [3.63, 3.8) is 0 Å². The number of aryl methyl sites for hydroxylation is 2. The third-order valence-electron chi connectivity index (χ3n) is 1.94. The van der Waals surface area contributed by atoms with Crippen molar-refractivity contribution >= 4 is 11.3 Å². The number of thiophene rings is 1. The van der Waals surface area contributed by atoms with E-state index in [1.54, 1.807) is 11.3 Å². The zero-order valence-electron chi connectivity index (χ0n) is 7.74. The second kappa shape index (κ2) is 3.30. The van der Waals surface area contributed by atoms with Crippen LogP contribution in [0.1, 0.15) is 10.4 Å². The molecule has 0 bridgehead atoms. The lowest BCUT2D eigenvalue weighted by Crippen LogP contribution is -1.78. The van der Waals surface area contributed by atoms with Crippen LogP contribution in [0.3, 0.4) is 0 Å². The van der Waals surface area contributed by atoms with E-state index in [0.717, 1.165) is 5.69 Å². The Balaban J connectivity index is 2.53. The Bertz CT molecular complexity index is 403. The Morgan fingerprint density at radius 3 is 2.62 bits per heavy atom. The molecule has 13 heavy (non-hydrogen) atoms. The van der Waals surface area contributed by atoms with Crippen molar-refractivity contribution < 1.29 is 0 Å². The van der Waals surface area contributed by atoms with Gasteiger partial charge in [-0.15, -0.1) is 11.3 Å². The van der Waals surface area contributed by atoms with E-state index in [0.29, 0.717) is 0 Å². The van der Waals surface area contributed by atoms with Crippen LogP contribution >= 0.6 is 11.3 Å². The summed E-state index contributed by atoms with van der Waals surface area (Å²) in [6, 6.07) is 8.23. The van der Waals surface area contributed by atoms with Gasteiger partial charge in [0.1, 0.15) is 0 Å². The van der Waals surface area contributed by atoms with Crippen molar-refractivity contribution in [2.45, 2.75) is 13.8 Å². The molecule has 0 amide bonds. The maximum absolute atomic E-state index is 4.33.